The molecule has 1 N–H and O–H groups in total. The first-order chi connectivity index (χ1) is 7.58. The minimum absolute atomic E-state index is 0.360. The van der Waals surface area contributed by atoms with E-state index in [1.54, 1.807) is 23.9 Å². The Balaban J connectivity index is 2.56. The number of rotatable bonds is 2. The van der Waals surface area contributed by atoms with Gasteiger partial charge in [-0.1, -0.05) is 0 Å². The lowest BCUT2D eigenvalue weighted by Gasteiger charge is -2.11. The number of benzene rings is 1. The Hall–Kier alpha value is -0.950. The molecule has 1 unspecified atom stereocenters. The zero-order valence-electron chi connectivity index (χ0n) is 8.56. The van der Waals surface area contributed by atoms with Crippen molar-refractivity contribution in [1.29, 1.82) is 0 Å². The van der Waals surface area contributed by atoms with Crippen LogP contribution in [0.15, 0.2) is 30.6 Å². The Bertz CT molecular complexity index is 510. The predicted molar refractivity (Wildman–Crippen MR) is 66.9 cm³/mol. The summed E-state index contributed by atoms with van der Waals surface area (Å²) in [5, 5.41) is 13.7. The smallest absolute Gasteiger partial charge is 0.123 e. The Kier molecular flexibility index (Phi) is 3.25. The molecule has 5 heteroatoms. The fourth-order valence-electron chi connectivity index (χ4n) is 1.50. The molecule has 2 rings (SSSR count). The molecule has 0 bridgehead atoms. The topological polar surface area (TPSA) is 38.0 Å². The van der Waals surface area contributed by atoms with Gasteiger partial charge in [0.25, 0.3) is 0 Å². The fraction of sp³-hybridized carbons (Fsp3) is 0.182. The van der Waals surface area contributed by atoms with E-state index in [-0.39, 0.29) is 5.82 Å². The molecule has 2 aromatic rings. The summed E-state index contributed by atoms with van der Waals surface area (Å²) in [5.74, 6) is -0.360. The van der Waals surface area contributed by atoms with E-state index in [2.05, 4.69) is 27.7 Å². The molecule has 16 heavy (non-hydrogen) atoms. The number of aliphatic hydroxyl groups excluding tert-OH is 1. The minimum Gasteiger partial charge on any atom is -0.389 e. The van der Waals surface area contributed by atoms with Crippen LogP contribution < -0.4 is 0 Å². The quantitative estimate of drug-likeness (QED) is 0.859. The highest BCUT2D eigenvalue weighted by molar-refractivity contribution is 14.1. The van der Waals surface area contributed by atoms with E-state index in [1.807, 2.05) is 6.20 Å². The summed E-state index contributed by atoms with van der Waals surface area (Å²) in [6.45, 7) is 1.60. The predicted octanol–water partition coefficient (Wildman–Crippen LogP) is 2.67. The number of halogens is 2. The van der Waals surface area contributed by atoms with E-state index in [0.717, 1.165) is 3.57 Å². The van der Waals surface area contributed by atoms with Gasteiger partial charge in [0.1, 0.15) is 5.82 Å². The lowest BCUT2D eigenvalue weighted by molar-refractivity contribution is 0.198. The van der Waals surface area contributed by atoms with E-state index in [0.29, 0.717) is 11.3 Å². The summed E-state index contributed by atoms with van der Waals surface area (Å²) >= 11 is 2.14. The molecule has 0 saturated heterocycles. The Morgan fingerprint density at radius 2 is 2.25 bits per heavy atom. The number of hydrogen-bond donors (Lipinski definition) is 1. The zero-order valence-corrected chi connectivity index (χ0v) is 10.7. The summed E-state index contributed by atoms with van der Waals surface area (Å²) in [7, 11) is 0. The van der Waals surface area contributed by atoms with Crippen molar-refractivity contribution in [3.63, 3.8) is 0 Å². The van der Waals surface area contributed by atoms with Gasteiger partial charge in [-0.2, -0.15) is 5.10 Å². The average molecular weight is 332 g/mol. The molecule has 1 heterocycles. The van der Waals surface area contributed by atoms with Crippen molar-refractivity contribution >= 4 is 22.6 Å². The Labute approximate surface area is 106 Å². The second-order valence-corrected chi connectivity index (χ2v) is 4.73. The number of nitrogens with zero attached hydrogens (tertiary/aromatic N) is 2. The molecule has 0 radical (unpaired) electrons. The highest BCUT2D eigenvalue weighted by atomic mass is 127. The first kappa shape index (κ1) is 11.5. The van der Waals surface area contributed by atoms with E-state index in [1.165, 1.54) is 12.1 Å². The third kappa shape index (κ3) is 2.25. The fourth-order valence-corrected chi connectivity index (χ4v) is 1.89. The van der Waals surface area contributed by atoms with Crippen molar-refractivity contribution in [1.82, 2.24) is 9.78 Å². The lowest BCUT2D eigenvalue weighted by Crippen LogP contribution is -2.03. The second-order valence-electron chi connectivity index (χ2n) is 3.48. The molecule has 1 aromatic carbocycles. The maximum absolute atomic E-state index is 13.1. The normalized spacial score (nSPS) is 12.8. The van der Waals surface area contributed by atoms with Crippen LogP contribution in [0.1, 0.15) is 18.6 Å². The van der Waals surface area contributed by atoms with Crippen LogP contribution in [0.25, 0.3) is 5.69 Å². The van der Waals surface area contributed by atoms with Crippen LogP contribution in [-0.2, 0) is 0 Å². The Morgan fingerprint density at radius 1 is 1.50 bits per heavy atom. The van der Waals surface area contributed by atoms with E-state index in [9.17, 15) is 9.50 Å². The standard InChI is InChI=1S/C11H10FIN2O/c1-7(16)10-4-8(12)2-3-11(10)15-6-9(13)5-14-15/h2-7,16H,1H3. The number of aliphatic hydroxyl groups is 1. The lowest BCUT2D eigenvalue weighted by atomic mass is 10.1. The van der Waals surface area contributed by atoms with Gasteiger partial charge in [-0.05, 0) is 47.7 Å². The van der Waals surface area contributed by atoms with E-state index < -0.39 is 6.10 Å². The SMILES string of the molecule is CC(O)c1cc(F)ccc1-n1cc(I)cn1. The van der Waals surface area contributed by atoms with Gasteiger partial charge in [-0.3, -0.25) is 0 Å². The molecular formula is C11H10FIN2O. The first-order valence-corrected chi connectivity index (χ1v) is 5.84. The van der Waals surface area contributed by atoms with Crippen molar-refractivity contribution < 1.29 is 9.50 Å². The van der Waals surface area contributed by atoms with Crippen LogP contribution in [0.2, 0.25) is 0 Å². The highest BCUT2D eigenvalue weighted by Gasteiger charge is 2.11. The molecule has 0 aliphatic heterocycles. The van der Waals surface area contributed by atoms with Crippen LogP contribution in [0.3, 0.4) is 0 Å². The number of hydrogen-bond acceptors (Lipinski definition) is 2. The Morgan fingerprint density at radius 3 is 2.81 bits per heavy atom. The van der Waals surface area contributed by atoms with Crippen LogP contribution in [-0.4, -0.2) is 14.9 Å². The summed E-state index contributed by atoms with van der Waals surface area (Å²) in [6, 6.07) is 4.30. The van der Waals surface area contributed by atoms with Gasteiger partial charge in [-0.15, -0.1) is 0 Å². The monoisotopic (exact) mass is 332 g/mol. The van der Waals surface area contributed by atoms with Gasteiger partial charge in [0.2, 0.25) is 0 Å². The maximum atomic E-state index is 13.1. The van der Waals surface area contributed by atoms with Gasteiger partial charge in [-0.25, -0.2) is 9.07 Å². The summed E-state index contributed by atoms with van der Waals surface area (Å²) in [5.41, 5.74) is 1.22. The maximum Gasteiger partial charge on any atom is 0.123 e. The minimum atomic E-state index is -0.729. The summed E-state index contributed by atoms with van der Waals surface area (Å²) in [4.78, 5) is 0. The molecule has 1 atom stereocenters. The molecule has 84 valence electrons. The van der Waals surface area contributed by atoms with Gasteiger partial charge in [0.05, 0.1) is 21.6 Å². The molecule has 3 nitrogen and oxygen atoms in total. The van der Waals surface area contributed by atoms with Crippen LogP contribution in [0, 0.1) is 9.39 Å². The molecular weight excluding hydrogens is 322 g/mol. The van der Waals surface area contributed by atoms with Gasteiger partial charge >= 0.3 is 0 Å². The van der Waals surface area contributed by atoms with Crippen molar-refractivity contribution in [2.75, 3.05) is 0 Å². The third-order valence-electron chi connectivity index (χ3n) is 2.24. The second kappa shape index (κ2) is 4.50. The summed E-state index contributed by atoms with van der Waals surface area (Å²) < 4.78 is 15.7. The van der Waals surface area contributed by atoms with E-state index in [4.69, 9.17) is 0 Å². The van der Waals surface area contributed by atoms with Crippen molar-refractivity contribution in [2.45, 2.75) is 13.0 Å². The molecule has 0 aliphatic rings. The number of aromatic nitrogens is 2. The van der Waals surface area contributed by atoms with Crippen LogP contribution in [0.5, 0.6) is 0 Å². The third-order valence-corrected chi connectivity index (χ3v) is 2.79. The zero-order chi connectivity index (χ0) is 11.7. The molecule has 0 aliphatic carbocycles. The molecule has 0 fully saturated rings. The van der Waals surface area contributed by atoms with Gasteiger partial charge in [0.15, 0.2) is 0 Å². The van der Waals surface area contributed by atoms with Crippen LogP contribution >= 0.6 is 22.6 Å². The van der Waals surface area contributed by atoms with Crippen molar-refractivity contribution in [3.05, 3.63) is 45.5 Å². The molecule has 0 saturated carbocycles. The molecule has 0 amide bonds. The van der Waals surface area contributed by atoms with Crippen molar-refractivity contribution in [2.24, 2.45) is 0 Å². The van der Waals surface area contributed by atoms with Gasteiger partial charge in [0, 0.05) is 11.8 Å². The van der Waals surface area contributed by atoms with Crippen LogP contribution in [0.4, 0.5) is 4.39 Å². The summed E-state index contributed by atoms with van der Waals surface area (Å²) in [6.07, 6.45) is 2.79. The highest BCUT2D eigenvalue weighted by Crippen LogP contribution is 2.22. The molecule has 1 aromatic heterocycles. The van der Waals surface area contributed by atoms with Gasteiger partial charge < -0.3 is 5.11 Å². The first-order valence-electron chi connectivity index (χ1n) is 4.76. The largest absolute Gasteiger partial charge is 0.389 e. The van der Waals surface area contributed by atoms with E-state index >= 15 is 0 Å². The average Bonchev–Trinajstić information content (AvgIpc) is 2.64. The van der Waals surface area contributed by atoms with Crippen molar-refractivity contribution in [3.8, 4) is 5.69 Å². The molecule has 0 spiro atoms.